The van der Waals surface area contributed by atoms with Crippen LogP contribution in [0.3, 0.4) is 0 Å². The fraction of sp³-hybridized carbons (Fsp3) is 1.00. The highest BCUT2D eigenvalue weighted by atomic mass is 16.5. The average Bonchev–Trinajstić information content (AvgIpc) is 2.45. The number of nitrogens with one attached hydrogen (secondary N) is 1. The Morgan fingerprint density at radius 3 is 2.33 bits per heavy atom. The van der Waals surface area contributed by atoms with E-state index in [4.69, 9.17) is 4.74 Å². The lowest BCUT2D eigenvalue weighted by Crippen LogP contribution is -2.59. The molecule has 0 radical (unpaired) electrons. The van der Waals surface area contributed by atoms with Crippen LogP contribution in [0.2, 0.25) is 0 Å². The Morgan fingerprint density at radius 1 is 1.14 bits per heavy atom. The second-order valence-electron chi connectivity index (χ2n) is 8.33. The lowest BCUT2D eigenvalue weighted by Gasteiger charge is -2.50. The quantitative estimate of drug-likeness (QED) is 0.863. The van der Waals surface area contributed by atoms with Gasteiger partial charge in [0.25, 0.3) is 0 Å². The predicted octanol–water partition coefficient (Wildman–Crippen LogP) is 2.90. The van der Waals surface area contributed by atoms with Gasteiger partial charge in [0.2, 0.25) is 0 Å². The lowest BCUT2D eigenvalue weighted by atomic mass is 9.72. The van der Waals surface area contributed by atoms with E-state index in [1.165, 1.54) is 51.7 Å². The van der Waals surface area contributed by atoms with Gasteiger partial charge in [0.1, 0.15) is 0 Å². The summed E-state index contributed by atoms with van der Waals surface area (Å²) >= 11 is 0. The van der Waals surface area contributed by atoms with Crippen LogP contribution in [0.15, 0.2) is 0 Å². The molecular formula is C18H34N2O. The van der Waals surface area contributed by atoms with E-state index in [0.717, 1.165) is 31.1 Å². The molecule has 1 N–H and O–H groups in total. The summed E-state index contributed by atoms with van der Waals surface area (Å²) in [6.07, 6.45) is 6.75. The maximum absolute atomic E-state index is 5.54. The molecule has 2 saturated heterocycles. The van der Waals surface area contributed by atoms with E-state index >= 15 is 0 Å². The fourth-order valence-electron chi connectivity index (χ4n) is 4.63. The van der Waals surface area contributed by atoms with Gasteiger partial charge >= 0.3 is 0 Å². The molecule has 2 heterocycles. The molecule has 0 aromatic heterocycles. The predicted molar refractivity (Wildman–Crippen MR) is 87.5 cm³/mol. The monoisotopic (exact) mass is 294 g/mol. The summed E-state index contributed by atoms with van der Waals surface area (Å²) in [4.78, 5) is 2.71. The van der Waals surface area contributed by atoms with Gasteiger partial charge in [-0.05, 0) is 56.8 Å². The summed E-state index contributed by atoms with van der Waals surface area (Å²) in [6, 6.07) is 1.48. The van der Waals surface area contributed by atoms with Gasteiger partial charge in [0.05, 0.1) is 0 Å². The van der Waals surface area contributed by atoms with Crippen molar-refractivity contribution in [2.75, 3.05) is 32.8 Å². The summed E-state index contributed by atoms with van der Waals surface area (Å²) in [5.74, 6) is 1.76. The van der Waals surface area contributed by atoms with Gasteiger partial charge in [0.15, 0.2) is 0 Å². The molecule has 0 aromatic carbocycles. The van der Waals surface area contributed by atoms with Gasteiger partial charge in [0, 0.05) is 44.9 Å². The minimum absolute atomic E-state index is 0.460. The van der Waals surface area contributed by atoms with E-state index in [9.17, 15) is 0 Å². The molecule has 2 aliphatic heterocycles. The summed E-state index contributed by atoms with van der Waals surface area (Å²) in [5.41, 5.74) is 0.460. The molecule has 3 aliphatic rings. The van der Waals surface area contributed by atoms with Crippen molar-refractivity contribution < 1.29 is 4.74 Å². The van der Waals surface area contributed by atoms with Crippen molar-refractivity contribution in [2.45, 2.75) is 65.0 Å². The summed E-state index contributed by atoms with van der Waals surface area (Å²) in [7, 11) is 0. The van der Waals surface area contributed by atoms with E-state index in [1.54, 1.807) is 0 Å². The zero-order chi connectivity index (χ0) is 14.9. The number of likely N-dealkylation sites (tertiary alicyclic amines) is 1. The molecular weight excluding hydrogens is 260 g/mol. The Hall–Kier alpha value is -0.120. The fourth-order valence-corrected chi connectivity index (χ4v) is 4.63. The summed E-state index contributed by atoms with van der Waals surface area (Å²) in [6.45, 7) is 12.9. The lowest BCUT2D eigenvalue weighted by molar-refractivity contribution is 0.00259. The molecule has 21 heavy (non-hydrogen) atoms. The first-order valence-electron chi connectivity index (χ1n) is 9.13. The van der Waals surface area contributed by atoms with Crippen molar-refractivity contribution >= 4 is 0 Å². The first-order chi connectivity index (χ1) is 10.1. The van der Waals surface area contributed by atoms with Crippen molar-refractivity contribution in [3.05, 3.63) is 0 Å². The van der Waals surface area contributed by atoms with Gasteiger partial charge in [-0.3, -0.25) is 0 Å². The smallest absolute Gasteiger partial charge is 0.0471 e. The summed E-state index contributed by atoms with van der Waals surface area (Å²) < 4.78 is 5.54. The normalized spacial score (nSPS) is 36.9. The van der Waals surface area contributed by atoms with E-state index in [0.29, 0.717) is 11.5 Å². The number of hydrogen-bond acceptors (Lipinski definition) is 3. The zero-order valence-corrected chi connectivity index (χ0v) is 14.2. The van der Waals surface area contributed by atoms with Crippen molar-refractivity contribution in [1.82, 2.24) is 10.2 Å². The number of hydrogen-bond donors (Lipinski definition) is 1. The SMILES string of the molecule is CC(C)N1CC2CCCC(C1)C2NCC1(C)CCOCC1. The van der Waals surface area contributed by atoms with Crippen LogP contribution in [0.25, 0.3) is 0 Å². The molecule has 3 nitrogen and oxygen atoms in total. The molecule has 122 valence electrons. The Labute approximate surface area is 130 Å². The average molecular weight is 294 g/mol. The molecule has 3 heteroatoms. The Morgan fingerprint density at radius 2 is 1.76 bits per heavy atom. The molecule has 3 fully saturated rings. The van der Waals surface area contributed by atoms with Crippen molar-refractivity contribution in [3.8, 4) is 0 Å². The van der Waals surface area contributed by atoms with Gasteiger partial charge in [-0.15, -0.1) is 0 Å². The zero-order valence-electron chi connectivity index (χ0n) is 14.2. The maximum Gasteiger partial charge on any atom is 0.0471 e. The minimum Gasteiger partial charge on any atom is -0.381 e. The number of fused-ring (bicyclic) bond motifs is 2. The minimum atomic E-state index is 0.460. The second kappa shape index (κ2) is 6.55. The number of ether oxygens (including phenoxy) is 1. The number of piperidine rings is 1. The van der Waals surface area contributed by atoms with Crippen molar-refractivity contribution in [1.29, 1.82) is 0 Å². The Bertz CT molecular complexity index is 324. The van der Waals surface area contributed by atoms with Crippen LogP contribution in [-0.4, -0.2) is 49.8 Å². The van der Waals surface area contributed by atoms with Gasteiger partial charge < -0.3 is 15.0 Å². The molecule has 1 aliphatic carbocycles. The van der Waals surface area contributed by atoms with Crippen LogP contribution < -0.4 is 5.32 Å². The largest absolute Gasteiger partial charge is 0.381 e. The van der Waals surface area contributed by atoms with Gasteiger partial charge in [-0.1, -0.05) is 13.3 Å². The van der Waals surface area contributed by atoms with Crippen LogP contribution in [0, 0.1) is 17.3 Å². The first-order valence-corrected chi connectivity index (χ1v) is 9.13. The van der Waals surface area contributed by atoms with E-state index in [1.807, 2.05) is 0 Å². The highest BCUT2D eigenvalue weighted by Gasteiger charge is 2.40. The standard InChI is InChI=1S/C18H34N2O/c1-14(2)20-11-15-5-4-6-16(12-20)17(15)19-13-18(3)7-9-21-10-8-18/h14-17,19H,4-13H2,1-3H3. The molecule has 2 atom stereocenters. The van der Waals surface area contributed by atoms with Crippen LogP contribution in [0.1, 0.15) is 52.9 Å². The third-order valence-electron chi connectivity index (χ3n) is 6.30. The van der Waals surface area contributed by atoms with Crippen molar-refractivity contribution in [2.24, 2.45) is 17.3 Å². The van der Waals surface area contributed by atoms with Gasteiger partial charge in [-0.25, -0.2) is 0 Å². The molecule has 0 amide bonds. The highest BCUT2D eigenvalue weighted by molar-refractivity contribution is 4.96. The molecule has 2 bridgehead atoms. The van der Waals surface area contributed by atoms with E-state index in [2.05, 4.69) is 31.0 Å². The molecule has 0 aromatic rings. The van der Waals surface area contributed by atoms with E-state index < -0.39 is 0 Å². The van der Waals surface area contributed by atoms with Crippen LogP contribution >= 0.6 is 0 Å². The van der Waals surface area contributed by atoms with Crippen molar-refractivity contribution in [3.63, 3.8) is 0 Å². The Balaban J connectivity index is 1.58. The van der Waals surface area contributed by atoms with Crippen LogP contribution in [-0.2, 0) is 4.74 Å². The van der Waals surface area contributed by atoms with Gasteiger partial charge in [-0.2, -0.15) is 0 Å². The number of nitrogens with zero attached hydrogens (tertiary/aromatic N) is 1. The van der Waals surface area contributed by atoms with Crippen LogP contribution in [0.5, 0.6) is 0 Å². The molecule has 0 spiro atoms. The first kappa shape index (κ1) is 15.8. The molecule has 2 unspecified atom stereocenters. The third-order valence-corrected chi connectivity index (χ3v) is 6.30. The second-order valence-corrected chi connectivity index (χ2v) is 8.33. The topological polar surface area (TPSA) is 24.5 Å². The molecule has 3 rings (SSSR count). The highest BCUT2D eigenvalue weighted by Crippen LogP contribution is 2.37. The Kier molecular flexibility index (Phi) is 4.92. The third kappa shape index (κ3) is 3.62. The van der Waals surface area contributed by atoms with E-state index in [-0.39, 0.29) is 0 Å². The summed E-state index contributed by atoms with van der Waals surface area (Å²) in [5, 5.41) is 4.01. The maximum atomic E-state index is 5.54. The molecule has 1 saturated carbocycles. The number of rotatable bonds is 4. The van der Waals surface area contributed by atoms with Crippen LogP contribution in [0.4, 0.5) is 0 Å².